The SMILES string of the molecule is COc1cccc(NC(=O)c2ccccc2N2C(=O)[C@H]3C4c5ccccc5C(c5ccccc54)[C@@H]3C2=O)c1. The number of ether oxygens (including phenoxy) is 1. The van der Waals surface area contributed by atoms with Gasteiger partial charge in [0.25, 0.3) is 5.91 Å². The highest BCUT2D eigenvalue weighted by Gasteiger charge is 2.62. The number of rotatable bonds is 4. The standard InChI is InChI=1S/C32H24N2O4/c1-38-19-10-8-9-18(17-19)33-30(35)24-15-6-7-16-25(24)34-31(36)28-26-20-11-2-3-12-21(20)27(29(28)32(34)37)23-14-5-4-13-22(23)26/h2-17,26-29H,1H3,(H,33,35)/t26?,27?,28-,29-/m0/s1. The Morgan fingerprint density at radius 1 is 0.711 bits per heavy atom. The Balaban J connectivity index is 1.30. The van der Waals surface area contributed by atoms with Gasteiger partial charge in [0.05, 0.1) is 30.2 Å². The summed E-state index contributed by atoms with van der Waals surface area (Å²) in [7, 11) is 1.56. The number of nitrogens with zero attached hydrogens (tertiary/aromatic N) is 1. The predicted molar refractivity (Wildman–Crippen MR) is 143 cm³/mol. The van der Waals surface area contributed by atoms with Gasteiger partial charge < -0.3 is 10.1 Å². The van der Waals surface area contributed by atoms with Crippen molar-refractivity contribution in [1.29, 1.82) is 0 Å². The number of methoxy groups -OCH3 is 1. The van der Waals surface area contributed by atoms with E-state index in [4.69, 9.17) is 4.74 Å². The van der Waals surface area contributed by atoms with Crippen LogP contribution in [0.25, 0.3) is 0 Å². The van der Waals surface area contributed by atoms with Crippen molar-refractivity contribution in [1.82, 2.24) is 0 Å². The molecule has 1 fully saturated rings. The fourth-order valence-corrected chi connectivity index (χ4v) is 6.67. The topological polar surface area (TPSA) is 75.7 Å². The first-order chi connectivity index (χ1) is 18.6. The summed E-state index contributed by atoms with van der Waals surface area (Å²) in [5.74, 6) is -1.70. The average molecular weight is 501 g/mol. The van der Waals surface area contributed by atoms with Crippen LogP contribution in [0, 0.1) is 11.8 Å². The van der Waals surface area contributed by atoms with Crippen LogP contribution >= 0.6 is 0 Å². The van der Waals surface area contributed by atoms with E-state index in [0.717, 1.165) is 22.3 Å². The first-order valence-electron chi connectivity index (χ1n) is 12.7. The molecule has 3 amide bonds. The summed E-state index contributed by atoms with van der Waals surface area (Å²) in [5, 5.41) is 2.88. The van der Waals surface area contributed by atoms with Crippen LogP contribution in [0.2, 0.25) is 0 Å². The molecule has 0 radical (unpaired) electrons. The Bertz CT molecular complexity index is 1530. The van der Waals surface area contributed by atoms with Crippen molar-refractivity contribution >= 4 is 29.1 Å². The number of para-hydroxylation sites is 1. The lowest BCUT2D eigenvalue weighted by Gasteiger charge is -2.45. The van der Waals surface area contributed by atoms with Crippen LogP contribution in [-0.4, -0.2) is 24.8 Å². The van der Waals surface area contributed by atoms with Crippen LogP contribution in [0.5, 0.6) is 5.75 Å². The lowest BCUT2D eigenvalue weighted by atomic mass is 9.55. The second-order valence-electron chi connectivity index (χ2n) is 9.98. The van der Waals surface area contributed by atoms with Crippen molar-refractivity contribution < 1.29 is 19.1 Å². The Morgan fingerprint density at radius 3 is 1.79 bits per heavy atom. The third-order valence-electron chi connectivity index (χ3n) is 8.17. The van der Waals surface area contributed by atoms with Gasteiger partial charge in [-0.15, -0.1) is 0 Å². The lowest BCUT2D eigenvalue weighted by molar-refractivity contribution is -0.122. The van der Waals surface area contributed by atoms with Crippen molar-refractivity contribution in [3.8, 4) is 5.75 Å². The second kappa shape index (κ2) is 8.42. The summed E-state index contributed by atoms with van der Waals surface area (Å²) in [4.78, 5) is 42.9. The van der Waals surface area contributed by atoms with Crippen molar-refractivity contribution in [2.24, 2.45) is 11.8 Å². The van der Waals surface area contributed by atoms with E-state index in [1.54, 1.807) is 55.6 Å². The normalized spacial score (nSPS) is 22.5. The van der Waals surface area contributed by atoms with Gasteiger partial charge >= 0.3 is 0 Å². The van der Waals surface area contributed by atoms with Gasteiger partial charge in [0, 0.05) is 23.6 Å². The molecule has 0 unspecified atom stereocenters. The van der Waals surface area contributed by atoms with Gasteiger partial charge in [0.15, 0.2) is 0 Å². The third-order valence-corrected chi connectivity index (χ3v) is 8.17. The first kappa shape index (κ1) is 22.5. The maximum Gasteiger partial charge on any atom is 0.257 e. The number of carbonyl (C=O) groups is 3. The number of nitrogens with one attached hydrogen (secondary N) is 1. The smallest absolute Gasteiger partial charge is 0.257 e. The monoisotopic (exact) mass is 500 g/mol. The van der Waals surface area contributed by atoms with Gasteiger partial charge in [-0.05, 0) is 46.5 Å². The van der Waals surface area contributed by atoms with Crippen LogP contribution in [0.15, 0.2) is 97.1 Å². The number of carbonyl (C=O) groups excluding carboxylic acids is 3. The summed E-state index contributed by atoms with van der Waals surface area (Å²) in [5.41, 5.74) is 5.59. The maximum atomic E-state index is 14.1. The third kappa shape index (κ3) is 3.10. The molecule has 1 saturated heterocycles. The fourth-order valence-electron chi connectivity index (χ4n) is 6.67. The largest absolute Gasteiger partial charge is 0.497 e. The zero-order chi connectivity index (χ0) is 26.0. The van der Waals surface area contributed by atoms with Crippen LogP contribution in [0.3, 0.4) is 0 Å². The number of hydrogen-bond donors (Lipinski definition) is 1. The van der Waals surface area contributed by atoms with E-state index in [1.807, 2.05) is 24.3 Å². The zero-order valence-corrected chi connectivity index (χ0v) is 20.6. The van der Waals surface area contributed by atoms with Crippen molar-refractivity contribution in [3.05, 3.63) is 125 Å². The maximum absolute atomic E-state index is 14.1. The highest BCUT2D eigenvalue weighted by atomic mass is 16.5. The van der Waals surface area contributed by atoms with Crippen molar-refractivity contribution in [2.75, 3.05) is 17.3 Å². The Hall–Kier alpha value is -4.71. The molecule has 2 atom stereocenters. The Morgan fingerprint density at radius 2 is 1.24 bits per heavy atom. The number of benzene rings is 4. The molecular formula is C32H24N2O4. The minimum Gasteiger partial charge on any atom is -0.497 e. The highest BCUT2D eigenvalue weighted by Crippen LogP contribution is 2.61. The van der Waals surface area contributed by atoms with Gasteiger partial charge in [0.1, 0.15) is 5.75 Å². The minimum absolute atomic E-state index is 0.198. The molecule has 4 aromatic rings. The quantitative estimate of drug-likeness (QED) is 0.384. The summed E-state index contributed by atoms with van der Waals surface area (Å²) < 4.78 is 5.26. The van der Waals surface area contributed by atoms with E-state index in [0.29, 0.717) is 17.1 Å². The van der Waals surface area contributed by atoms with Crippen LogP contribution in [-0.2, 0) is 9.59 Å². The zero-order valence-electron chi connectivity index (χ0n) is 20.6. The summed E-state index contributed by atoms with van der Waals surface area (Å²) in [6.45, 7) is 0. The van der Waals surface area contributed by atoms with Gasteiger partial charge in [-0.25, -0.2) is 4.90 Å². The molecule has 0 spiro atoms. The molecule has 0 aromatic heterocycles. The van der Waals surface area contributed by atoms with Crippen LogP contribution in [0.4, 0.5) is 11.4 Å². The molecule has 6 heteroatoms. The van der Waals surface area contributed by atoms with Crippen molar-refractivity contribution in [3.63, 3.8) is 0 Å². The van der Waals surface area contributed by atoms with E-state index in [1.165, 1.54) is 4.90 Å². The molecule has 38 heavy (non-hydrogen) atoms. The molecule has 186 valence electrons. The summed E-state index contributed by atoms with van der Waals surface area (Å²) >= 11 is 0. The molecule has 1 aliphatic heterocycles. The number of anilines is 2. The molecule has 8 rings (SSSR count). The summed E-state index contributed by atoms with van der Waals surface area (Å²) in [6, 6.07) is 30.1. The molecular weight excluding hydrogens is 476 g/mol. The molecule has 3 aliphatic carbocycles. The molecule has 0 saturated carbocycles. The van der Waals surface area contributed by atoms with Gasteiger partial charge in [-0.2, -0.15) is 0 Å². The Labute approximate surface area is 219 Å². The van der Waals surface area contributed by atoms with Crippen LogP contribution in [0.1, 0.15) is 44.4 Å². The number of hydrogen-bond acceptors (Lipinski definition) is 4. The molecule has 4 aliphatic rings. The molecule has 4 aromatic carbocycles. The molecule has 1 heterocycles. The van der Waals surface area contributed by atoms with E-state index < -0.39 is 17.7 Å². The second-order valence-corrected chi connectivity index (χ2v) is 9.98. The minimum atomic E-state index is -0.508. The fraction of sp³-hybridized carbons (Fsp3) is 0.156. The average Bonchev–Trinajstić information content (AvgIpc) is 3.23. The molecule has 6 nitrogen and oxygen atoms in total. The lowest BCUT2D eigenvalue weighted by Crippen LogP contribution is -2.41. The summed E-state index contributed by atoms with van der Waals surface area (Å²) in [6.07, 6.45) is 0. The number of imide groups is 1. The van der Waals surface area contributed by atoms with Crippen LogP contribution < -0.4 is 15.0 Å². The van der Waals surface area contributed by atoms with Gasteiger partial charge in [-0.3, -0.25) is 14.4 Å². The van der Waals surface area contributed by atoms with E-state index >= 15 is 0 Å². The first-order valence-corrected chi connectivity index (χ1v) is 12.7. The van der Waals surface area contributed by atoms with E-state index in [-0.39, 0.29) is 29.2 Å². The van der Waals surface area contributed by atoms with Gasteiger partial charge in [-0.1, -0.05) is 66.7 Å². The molecule has 1 N–H and O–H groups in total. The van der Waals surface area contributed by atoms with E-state index in [2.05, 4.69) is 29.6 Å². The van der Waals surface area contributed by atoms with E-state index in [9.17, 15) is 14.4 Å². The number of amides is 3. The predicted octanol–water partition coefficient (Wildman–Crippen LogP) is 5.34. The highest BCUT2D eigenvalue weighted by molar-refractivity contribution is 6.26. The van der Waals surface area contributed by atoms with Crippen molar-refractivity contribution in [2.45, 2.75) is 11.8 Å². The molecule has 2 bridgehead atoms. The Kier molecular flexibility index (Phi) is 4.98. The van der Waals surface area contributed by atoms with Gasteiger partial charge in [0.2, 0.25) is 11.8 Å².